The molecular formula is C8H13N3. The first-order valence-electron chi connectivity index (χ1n) is 3.79. The molecule has 0 bridgehead atoms. The average Bonchev–Trinajstić information content (AvgIpc) is 2.07. The molecule has 2 N–H and O–H groups in total. The van der Waals surface area contributed by atoms with Gasteiger partial charge in [-0.1, -0.05) is 6.92 Å². The van der Waals surface area contributed by atoms with Crippen LogP contribution >= 0.6 is 0 Å². The summed E-state index contributed by atoms with van der Waals surface area (Å²) in [6.45, 7) is 2.85. The molecule has 0 saturated heterocycles. The van der Waals surface area contributed by atoms with Crippen LogP contribution in [0.15, 0.2) is 18.7 Å². The SMILES string of the molecule is CC(CCN)c1cncnc1. The molecule has 0 radical (unpaired) electrons. The molecule has 1 rings (SSSR count). The molecule has 11 heavy (non-hydrogen) atoms. The molecule has 3 heteroatoms. The van der Waals surface area contributed by atoms with Crippen molar-refractivity contribution >= 4 is 0 Å². The van der Waals surface area contributed by atoms with Gasteiger partial charge in [0.1, 0.15) is 6.33 Å². The molecule has 0 spiro atoms. The van der Waals surface area contributed by atoms with Crippen molar-refractivity contribution < 1.29 is 0 Å². The smallest absolute Gasteiger partial charge is 0.115 e. The van der Waals surface area contributed by atoms with Crippen LogP contribution < -0.4 is 5.73 Å². The van der Waals surface area contributed by atoms with Crippen molar-refractivity contribution in [3.63, 3.8) is 0 Å². The molecular weight excluding hydrogens is 138 g/mol. The minimum absolute atomic E-state index is 0.473. The standard InChI is InChI=1S/C8H13N3/c1-7(2-3-9)8-4-10-6-11-5-8/h4-7H,2-3,9H2,1H3. The summed E-state index contributed by atoms with van der Waals surface area (Å²) in [5.74, 6) is 0.473. The summed E-state index contributed by atoms with van der Waals surface area (Å²) in [5.41, 5.74) is 6.59. The van der Waals surface area contributed by atoms with E-state index in [-0.39, 0.29) is 0 Å². The summed E-state index contributed by atoms with van der Waals surface area (Å²) >= 11 is 0. The molecule has 1 aromatic rings. The van der Waals surface area contributed by atoms with E-state index in [1.54, 1.807) is 6.33 Å². The first-order valence-corrected chi connectivity index (χ1v) is 3.79. The molecule has 1 aromatic heterocycles. The number of nitrogens with two attached hydrogens (primary N) is 1. The van der Waals surface area contributed by atoms with Crippen LogP contribution in [-0.4, -0.2) is 16.5 Å². The van der Waals surface area contributed by atoms with E-state index >= 15 is 0 Å². The van der Waals surface area contributed by atoms with E-state index in [9.17, 15) is 0 Å². The normalized spacial score (nSPS) is 12.9. The Morgan fingerprint density at radius 2 is 2.09 bits per heavy atom. The fourth-order valence-electron chi connectivity index (χ4n) is 0.982. The number of aromatic nitrogens is 2. The number of nitrogens with zero attached hydrogens (tertiary/aromatic N) is 2. The topological polar surface area (TPSA) is 51.8 Å². The summed E-state index contributed by atoms with van der Waals surface area (Å²) in [5, 5.41) is 0. The molecule has 0 aliphatic heterocycles. The van der Waals surface area contributed by atoms with E-state index in [0.29, 0.717) is 5.92 Å². The fourth-order valence-corrected chi connectivity index (χ4v) is 0.982. The Labute approximate surface area is 66.7 Å². The third kappa shape index (κ3) is 2.27. The van der Waals surface area contributed by atoms with Crippen LogP contribution in [0.4, 0.5) is 0 Å². The molecule has 0 fully saturated rings. The van der Waals surface area contributed by atoms with Gasteiger partial charge < -0.3 is 5.73 Å². The minimum atomic E-state index is 0.473. The Morgan fingerprint density at radius 1 is 1.45 bits per heavy atom. The lowest BCUT2D eigenvalue weighted by Crippen LogP contribution is -2.04. The molecule has 0 aliphatic carbocycles. The fraction of sp³-hybridized carbons (Fsp3) is 0.500. The van der Waals surface area contributed by atoms with Crippen molar-refractivity contribution in [3.8, 4) is 0 Å². The molecule has 0 amide bonds. The highest BCUT2D eigenvalue weighted by atomic mass is 14.8. The van der Waals surface area contributed by atoms with E-state index < -0.39 is 0 Å². The lowest BCUT2D eigenvalue weighted by atomic mass is 10.0. The van der Waals surface area contributed by atoms with Crippen molar-refractivity contribution in [1.29, 1.82) is 0 Å². The first kappa shape index (κ1) is 8.14. The second-order valence-electron chi connectivity index (χ2n) is 2.65. The second-order valence-corrected chi connectivity index (χ2v) is 2.65. The van der Waals surface area contributed by atoms with Crippen LogP contribution in [0.3, 0.4) is 0 Å². The van der Waals surface area contributed by atoms with Crippen LogP contribution in [0, 0.1) is 0 Å². The van der Waals surface area contributed by atoms with Crippen LogP contribution in [0.25, 0.3) is 0 Å². The average molecular weight is 151 g/mol. The number of hydrogen-bond acceptors (Lipinski definition) is 3. The molecule has 0 aliphatic rings. The molecule has 1 unspecified atom stereocenters. The Hall–Kier alpha value is -0.960. The monoisotopic (exact) mass is 151 g/mol. The highest BCUT2D eigenvalue weighted by Crippen LogP contribution is 2.14. The summed E-state index contributed by atoms with van der Waals surface area (Å²) < 4.78 is 0. The predicted octanol–water partition coefficient (Wildman–Crippen LogP) is 0.929. The van der Waals surface area contributed by atoms with Crippen LogP contribution in [0.2, 0.25) is 0 Å². The van der Waals surface area contributed by atoms with E-state index in [4.69, 9.17) is 5.73 Å². The molecule has 0 saturated carbocycles. The number of hydrogen-bond donors (Lipinski definition) is 1. The molecule has 1 atom stereocenters. The maximum absolute atomic E-state index is 5.43. The zero-order chi connectivity index (χ0) is 8.10. The van der Waals surface area contributed by atoms with Crippen molar-refractivity contribution in [2.45, 2.75) is 19.3 Å². The molecule has 60 valence electrons. The molecule has 1 heterocycles. The Balaban J connectivity index is 2.61. The van der Waals surface area contributed by atoms with Crippen LogP contribution in [0.5, 0.6) is 0 Å². The van der Waals surface area contributed by atoms with Gasteiger partial charge in [0, 0.05) is 12.4 Å². The van der Waals surface area contributed by atoms with Crippen LogP contribution in [-0.2, 0) is 0 Å². The molecule has 0 aromatic carbocycles. The highest BCUT2D eigenvalue weighted by molar-refractivity contribution is 5.08. The maximum atomic E-state index is 5.43. The largest absolute Gasteiger partial charge is 0.330 e. The van der Waals surface area contributed by atoms with Crippen molar-refractivity contribution in [2.75, 3.05) is 6.54 Å². The van der Waals surface area contributed by atoms with Crippen molar-refractivity contribution in [3.05, 3.63) is 24.3 Å². The van der Waals surface area contributed by atoms with Crippen molar-refractivity contribution in [1.82, 2.24) is 9.97 Å². The third-order valence-electron chi connectivity index (χ3n) is 1.75. The Bertz CT molecular complexity index is 198. The van der Waals surface area contributed by atoms with E-state index in [2.05, 4.69) is 16.9 Å². The summed E-state index contributed by atoms with van der Waals surface area (Å²) in [4.78, 5) is 7.87. The predicted molar refractivity (Wildman–Crippen MR) is 44.1 cm³/mol. The second kappa shape index (κ2) is 4.03. The Morgan fingerprint density at radius 3 is 2.64 bits per heavy atom. The summed E-state index contributed by atoms with van der Waals surface area (Å²) in [6.07, 6.45) is 6.21. The minimum Gasteiger partial charge on any atom is -0.330 e. The first-order chi connectivity index (χ1) is 5.34. The lowest BCUT2D eigenvalue weighted by molar-refractivity contribution is 0.683. The molecule has 3 nitrogen and oxygen atoms in total. The van der Waals surface area contributed by atoms with Gasteiger partial charge in [-0.3, -0.25) is 0 Å². The lowest BCUT2D eigenvalue weighted by Gasteiger charge is -2.07. The van der Waals surface area contributed by atoms with E-state index in [1.807, 2.05) is 12.4 Å². The maximum Gasteiger partial charge on any atom is 0.115 e. The van der Waals surface area contributed by atoms with Gasteiger partial charge in [0.2, 0.25) is 0 Å². The van der Waals surface area contributed by atoms with Crippen LogP contribution in [0.1, 0.15) is 24.8 Å². The highest BCUT2D eigenvalue weighted by Gasteiger charge is 2.02. The van der Waals surface area contributed by atoms with Gasteiger partial charge >= 0.3 is 0 Å². The van der Waals surface area contributed by atoms with Gasteiger partial charge in [-0.2, -0.15) is 0 Å². The quantitative estimate of drug-likeness (QED) is 0.699. The van der Waals surface area contributed by atoms with Gasteiger partial charge in [-0.15, -0.1) is 0 Å². The van der Waals surface area contributed by atoms with E-state index in [1.165, 1.54) is 0 Å². The zero-order valence-electron chi connectivity index (χ0n) is 6.70. The van der Waals surface area contributed by atoms with Gasteiger partial charge in [-0.25, -0.2) is 9.97 Å². The zero-order valence-corrected chi connectivity index (χ0v) is 6.70. The van der Waals surface area contributed by atoms with Gasteiger partial charge in [0.25, 0.3) is 0 Å². The van der Waals surface area contributed by atoms with E-state index in [0.717, 1.165) is 18.5 Å². The summed E-state index contributed by atoms with van der Waals surface area (Å²) in [7, 11) is 0. The van der Waals surface area contributed by atoms with Gasteiger partial charge in [-0.05, 0) is 24.4 Å². The van der Waals surface area contributed by atoms with Gasteiger partial charge in [0.15, 0.2) is 0 Å². The van der Waals surface area contributed by atoms with Crippen molar-refractivity contribution in [2.24, 2.45) is 5.73 Å². The summed E-state index contributed by atoms with van der Waals surface area (Å²) in [6, 6.07) is 0. The third-order valence-corrected chi connectivity index (χ3v) is 1.75. The number of rotatable bonds is 3. The Kier molecular flexibility index (Phi) is 2.98. The van der Waals surface area contributed by atoms with Gasteiger partial charge in [0.05, 0.1) is 0 Å².